The molecule has 0 aliphatic carbocycles. The van der Waals surface area contributed by atoms with Crippen LogP contribution in [-0.4, -0.2) is 25.6 Å². The molecule has 0 aliphatic rings. The molecule has 7 heteroatoms. The molecule has 0 fully saturated rings. The van der Waals surface area contributed by atoms with Gasteiger partial charge in [0.25, 0.3) is 0 Å². The average Bonchev–Trinajstić information content (AvgIpc) is 3.50. The summed E-state index contributed by atoms with van der Waals surface area (Å²) >= 11 is 1.77. The molecule has 45 heavy (non-hydrogen) atoms. The number of aryl methyl sites for hydroxylation is 4. The molecular formula is C38H32N4OPdS. The van der Waals surface area contributed by atoms with Gasteiger partial charge in [-0.25, -0.2) is 4.98 Å². The number of thioether (sulfide) groups is 1. The minimum atomic E-state index is 0. The van der Waals surface area contributed by atoms with E-state index in [0.717, 1.165) is 50.3 Å². The van der Waals surface area contributed by atoms with Gasteiger partial charge >= 0.3 is 20.4 Å². The zero-order valence-electron chi connectivity index (χ0n) is 26.0. The molecule has 0 aliphatic heterocycles. The van der Waals surface area contributed by atoms with Crippen LogP contribution in [0.2, 0.25) is 0 Å². The Hall–Kier alpha value is -4.15. The number of hydrogen-bond acceptors (Lipinski definition) is 4. The molecule has 0 unspecified atom stereocenters. The predicted molar refractivity (Wildman–Crippen MR) is 181 cm³/mol. The van der Waals surface area contributed by atoms with Crippen molar-refractivity contribution in [3.63, 3.8) is 0 Å². The quantitative estimate of drug-likeness (QED) is 0.0986. The number of pyridine rings is 1. The molecule has 0 bridgehead atoms. The maximum Gasteiger partial charge on any atom is 2.00 e. The molecule has 0 radical (unpaired) electrons. The van der Waals surface area contributed by atoms with E-state index in [1.165, 1.54) is 27.1 Å². The van der Waals surface area contributed by atoms with Crippen molar-refractivity contribution in [1.29, 1.82) is 0 Å². The summed E-state index contributed by atoms with van der Waals surface area (Å²) in [5, 5.41) is 7.20. The number of fused-ring (bicyclic) bond motifs is 3. The fourth-order valence-corrected chi connectivity index (χ4v) is 6.82. The van der Waals surface area contributed by atoms with Gasteiger partial charge in [-0.1, -0.05) is 23.7 Å². The van der Waals surface area contributed by atoms with Gasteiger partial charge in [-0.05, 0) is 105 Å². The van der Waals surface area contributed by atoms with E-state index in [-0.39, 0.29) is 20.4 Å². The largest absolute Gasteiger partial charge is 2.00 e. The first-order valence-electron chi connectivity index (χ1n) is 14.6. The van der Waals surface area contributed by atoms with Gasteiger partial charge in [0, 0.05) is 39.4 Å². The number of rotatable bonds is 6. The third kappa shape index (κ3) is 5.50. The number of nitrogens with zero attached hydrogens (tertiary/aromatic N) is 4. The Morgan fingerprint density at radius 1 is 0.756 bits per heavy atom. The first kappa shape index (κ1) is 30.9. The molecular weight excluding hydrogens is 667 g/mol. The minimum Gasteiger partial charge on any atom is -0.509 e. The van der Waals surface area contributed by atoms with E-state index in [2.05, 4.69) is 111 Å². The van der Waals surface area contributed by atoms with Crippen LogP contribution in [0.5, 0.6) is 11.5 Å². The molecule has 0 saturated carbocycles. The average molecular weight is 699 g/mol. The van der Waals surface area contributed by atoms with Gasteiger partial charge in [0.2, 0.25) is 0 Å². The van der Waals surface area contributed by atoms with Crippen LogP contribution in [0.15, 0.2) is 90.0 Å². The third-order valence-electron chi connectivity index (χ3n) is 8.17. The fraction of sp³-hybridized carbons (Fsp3) is 0.158. The zero-order valence-corrected chi connectivity index (χ0v) is 28.4. The van der Waals surface area contributed by atoms with Gasteiger partial charge in [0.15, 0.2) is 0 Å². The van der Waals surface area contributed by atoms with Crippen molar-refractivity contribution in [1.82, 2.24) is 19.3 Å². The smallest absolute Gasteiger partial charge is 0.509 e. The summed E-state index contributed by atoms with van der Waals surface area (Å²) in [6.07, 6.45) is 3.96. The van der Waals surface area contributed by atoms with Crippen LogP contribution in [0.3, 0.4) is 0 Å². The second-order valence-corrected chi connectivity index (χ2v) is 12.1. The van der Waals surface area contributed by atoms with Crippen LogP contribution in [0.4, 0.5) is 0 Å². The molecule has 0 saturated heterocycles. The van der Waals surface area contributed by atoms with Crippen molar-refractivity contribution in [2.75, 3.05) is 6.26 Å². The summed E-state index contributed by atoms with van der Waals surface area (Å²) in [6.45, 7) is 10.6. The molecule has 0 atom stereocenters. The minimum absolute atomic E-state index is 0. The molecule has 226 valence electrons. The summed E-state index contributed by atoms with van der Waals surface area (Å²) in [6, 6.07) is 33.9. The first-order chi connectivity index (χ1) is 21.3. The summed E-state index contributed by atoms with van der Waals surface area (Å²) < 4.78 is 10.5. The SMILES string of the molecule is CSc1cc(C)c(-c2c(C)nn(-c3[c-]c(Oc4[c-]c5c(cc4)c4ccccc4n5-c4cc(C)ccn4)ccc3)c2C)c(C)c1.[Pd+2]. The van der Waals surface area contributed by atoms with Crippen LogP contribution >= 0.6 is 11.8 Å². The maximum atomic E-state index is 6.40. The van der Waals surface area contributed by atoms with Crippen LogP contribution in [0.25, 0.3) is 44.4 Å². The number of para-hydroxylation sites is 1. The topological polar surface area (TPSA) is 44.9 Å². The normalized spacial score (nSPS) is 11.2. The Kier molecular flexibility index (Phi) is 8.46. The van der Waals surface area contributed by atoms with E-state index in [1.54, 1.807) is 11.8 Å². The van der Waals surface area contributed by atoms with Crippen LogP contribution in [-0.2, 0) is 20.4 Å². The van der Waals surface area contributed by atoms with Crippen molar-refractivity contribution in [2.45, 2.75) is 39.5 Å². The number of benzene rings is 4. The van der Waals surface area contributed by atoms with Gasteiger partial charge < -0.3 is 9.30 Å². The molecule has 4 aromatic carbocycles. The molecule has 0 spiro atoms. The summed E-state index contributed by atoms with van der Waals surface area (Å²) in [5.74, 6) is 2.06. The van der Waals surface area contributed by atoms with Crippen molar-refractivity contribution in [3.8, 4) is 34.1 Å². The van der Waals surface area contributed by atoms with E-state index in [4.69, 9.17) is 9.84 Å². The Morgan fingerprint density at radius 3 is 2.27 bits per heavy atom. The number of aromatic nitrogens is 4. The third-order valence-corrected chi connectivity index (χ3v) is 8.88. The van der Waals surface area contributed by atoms with Crippen molar-refractivity contribution < 1.29 is 25.2 Å². The molecule has 7 aromatic rings. The molecule has 3 aromatic heterocycles. The number of hydrogen-bond donors (Lipinski definition) is 0. The molecule has 7 rings (SSSR count). The van der Waals surface area contributed by atoms with Gasteiger partial charge in [0.05, 0.1) is 5.69 Å². The van der Waals surface area contributed by atoms with Gasteiger partial charge in [0.1, 0.15) is 5.82 Å². The Bertz CT molecular complexity index is 2190. The van der Waals surface area contributed by atoms with Crippen LogP contribution < -0.4 is 4.74 Å². The van der Waals surface area contributed by atoms with Crippen LogP contribution in [0.1, 0.15) is 28.1 Å². The van der Waals surface area contributed by atoms with Gasteiger partial charge in [-0.15, -0.1) is 47.5 Å². The van der Waals surface area contributed by atoms with Crippen molar-refractivity contribution >= 4 is 33.6 Å². The van der Waals surface area contributed by atoms with Gasteiger partial charge in [-0.2, -0.15) is 17.2 Å². The molecule has 3 heterocycles. The van der Waals surface area contributed by atoms with E-state index >= 15 is 0 Å². The van der Waals surface area contributed by atoms with E-state index < -0.39 is 0 Å². The Morgan fingerprint density at radius 2 is 1.51 bits per heavy atom. The van der Waals surface area contributed by atoms with Crippen molar-refractivity contribution in [3.05, 3.63) is 125 Å². The van der Waals surface area contributed by atoms with E-state index in [9.17, 15) is 0 Å². The summed E-state index contributed by atoms with van der Waals surface area (Å²) in [4.78, 5) is 5.96. The summed E-state index contributed by atoms with van der Waals surface area (Å²) in [7, 11) is 0. The Labute approximate surface area is 281 Å². The second kappa shape index (κ2) is 12.3. The second-order valence-electron chi connectivity index (χ2n) is 11.2. The van der Waals surface area contributed by atoms with E-state index in [0.29, 0.717) is 11.5 Å². The number of ether oxygens (including phenoxy) is 1. The monoisotopic (exact) mass is 698 g/mol. The van der Waals surface area contributed by atoms with Crippen LogP contribution in [0, 0.1) is 46.8 Å². The maximum absolute atomic E-state index is 6.40. The fourth-order valence-electron chi connectivity index (χ4n) is 6.23. The molecule has 5 nitrogen and oxygen atoms in total. The standard InChI is InChI=1S/C38H32N4OS.Pd/c1-23-16-17-39-36(18-23)41-34-13-8-7-12-32(34)33-15-14-30(22-35(33)41)43-29-11-9-10-28(21-29)42-27(5)38(26(4)40-42)37-24(2)19-31(44-6)20-25(37)3;/h7-20H,1-6H3;/q-2;+2. The van der Waals surface area contributed by atoms with E-state index in [1.807, 2.05) is 41.2 Å². The summed E-state index contributed by atoms with van der Waals surface area (Å²) in [5.41, 5.74) is 11.0. The van der Waals surface area contributed by atoms with Crippen molar-refractivity contribution in [2.24, 2.45) is 0 Å². The van der Waals surface area contributed by atoms with Gasteiger partial charge in [-0.3, -0.25) is 4.68 Å². The predicted octanol–water partition coefficient (Wildman–Crippen LogP) is 9.69. The molecule has 0 N–H and O–H groups in total. The molecule has 0 amide bonds. The zero-order chi connectivity index (χ0) is 30.5. The Balaban J connectivity index is 0.00000357. The first-order valence-corrected chi connectivity index (χ1v) is 15.9.